The van der Waals surface area contributed by atoms with Gasteiger partial charge in [-0.15, -0.1) is 0 Å². The molecule has 2 aromatic rings. The maximum absolute atomic E-state index is 12.8. The minimum atomic E-state index is -0.227. The highest BCUT2D eigenvalue weighted by molar-refractivity contribution is 5.52. The summed E-state index contributed by atoms with van der Waals surface area (Å²) in [5.74, 6) is 0.359. The van der Waals surface area contributed by atoms with Gasteiger partial charge in [0.05, 0.1) is 12.3 Å². The van der Waals surface area contributed by atoms with Gasteiger partial charge in [-0.25, -0.2) is 9.37 Å². The van der Waals surface area contributed by atoms with Gasteiger partial charge in [-0.3, -0.25) is 0 Å². The summed E-state index contributed by atoms with van der Waals surface area (Å²) in [6.07, 6.45) is 1.69. The first-order valence-corrected chi connectivity index (χ1v) is 5.85. The van der Waals surface area contributed by atoms with E-state index in [4.69, 9.17) is 4.74 Å². The lowest BCUT2D eigenvalue weighted by atomic mass is 10.2. The molecule has 4 heteroatoms. The number of ether oxygens (including phenoxy) is 1. The number of nitrogens with zero attached hydrogens (tertiary/aromatic N) is 1. The second-order valence-electron chi connectivity index (χ2n) is 3.77. The van der Waals surface area contributed by atoms with Crippen LogP contribution in [0.2, 0.25) is 0 Å². The van der Waals surface area contributed by atoms with Gasteiger partial charge < -0.3 is 10.1 Å². The Morgan fingerprint density at radius 2 is 2.00 bits per heavy atom. The highest BCUT2D eigenvalue weighted by Crippen LogP contribution is 2.21. The number of pyridine rings is 1. The fourth-order valence-electron chi connectivity index (χ4n) is 1.58. The molecule has 2 rings (SSSR count). The van der Waals surface area contributed by atoms with Gasteiger partial charge in [-0.05, 0) is 36.8 Å². The molecule has 0 aliphatic carbocycles. The highest BCUT2D eigenvalue weighted by atomic mass is 19.1. The van der Waals surface area contributed by atoms with Crippen LogP contribution < -0.4 is 10.1 Å². The minimum absolute atomic E-state index is 0.227. The van der Waals surface area contributed by atoms with Crippen LogP contribution in [0.5, 0.6) is 5.88 Å². The van der Waals surface area contributed by atoms with Crippen molar-refractivity contribution in [2.24, 2.45) is 0 Å². The molecule has 1 aromatic carbocycles. The summed E-state index contributed by atoms with van der Waals surface area (Å²) in [6.45, 7) is 3.09. The lowest BCUT2D eigenvalue weighted by Gasteiger charge is -2.10. The van der Waals surface area contributed by atoms with Crippen molar-refractivity contribution in [3.05, 3.63) is 54.0 Å². The summed E-state index contributed by atoms with van der Waals surface area (Å²) in [7, 11) is 0. The predicted molar refractivity (Wildman–Crippen MR) is 69.1 cm³/mol. The number of aromatic nitrogens is 1. The first kappa shape index (κ1) is 12.4. The second kappa shape index (κ2) is 6.00. The lowest BCUT2D eigenvalue weighted by molar-refractivity contribution is 0.328. The zero-order chi connectivity index (χ0) is 12.8. The van der Waals surface area contributed by atoms with E-state index in [-0.39, 0.29) is 5.82 Å². The molecule has 18 heavy (non-hydrogen) atoms. The Bertz CT molecular complexity index is 499. The van der Waals surface area contributed by atoms with Gasteiger partial charge >= 0.3 is 0 Å². The summed E-state index contributed by atoms with van der Waals surface area (Å²) >= 11 is 0. The van der Waals surface area contributed by atoms with E-state index in [0.717, 1.165) is 11.3 Å². The van der Waals surface area contributed by atoms with Crippen LogP contribution in [-0.4, -0.2) is 11.6 Å². The molecule has 3 nitrogen and oxygen atoms in total. The molecule has 0 amide bonds. The largest absolute Gasteiger partial charge is 0.476 e. The van der Waals surface area contributed by atoms with E-state index in [0.29, 0.717) is 19.0 Å². The minimum Gasteiger partial charge on any atom is -0.476 e. The van der Waals surface area contributed by atoms with Crippen molar-refractivity contribution in [2.75, 3.05) is 11.9 Å². The number of hydrogen-bond donors (Lipinski definition) is 1. The van der Waals surface area contributed by atoms with Gasteiger partial charge in [0.2, 0.25) is 5.88 Å². The number of benzene rings is 1. The Morgan fingerprint density at radius 3 is 2.72 bits per heavy atom. The van der Waals surface area contributed by atoms with Crippen molar-refractivity contribution in [2.45, 2.75) is 13.5 Å². The van der Waals surface area contributed by atoms with E-state index in [1.807, 2.05) is 19.1 Å². The maximum atomic E-state index is 12.8. The van der Waals surface area contributed by atoms with E-state index in [2.05, 4.69) is 10.3 Å². The zero-order valence-corrected chi connectivity index (χ0v) is 10.2. The van der Waals surface area contributed by atoms with Crippen molar-refractivity contribution >= 4 is 5.69 Å². The number of rotatable bonds is 5. The zero-order valence-electron chi connectivity index (χ0n) is 10.2. The Labute approximate surface area is 106 Å². The summed E-state index contributed by atoms with van der Waals surface area (Å²) in [6, 6.07) is 10.1. The van der Waals surface area contributed by atoms with Crippen molar-refractivity contribution in [3.63, 3.8) is 0 Å². The Balaban J connectivity index is 2.03. The average molecular weight is 246 g/mol. The molecule has 0 atom stereocenters. The molecule has 0 saturated heterocycles. The van der Waals surface area contributed by atoms with Crippen LogP contribution in [0.1, 0.15) is 12.5 Å². The highest BCUT2D eigenvalue weighted by Gasteiger charge is 2.03. The van der Waals surface area contributed by atoms with E-state index >= 15 is 0 Å². The number of anilines is 1. The SMILES string of the molecule is CCOc1ncccc1NCc1ccc(F)cc1. The molecular weight excluding hydrogens is 231 g/mol. The Morgan fingerprint density at radius 1 is 1.22 bits per heavy atom. The van der Waals surface area contributed by atoms with Crippen LogP contribution in [0.4, 0.5) is 10.1 Å². The molecule has 1 aromatic heterocycles. The third kappa shape index (κ3) is 3.20. The molecule has 0 radical (unpaired) electrons. The number of hydrogen-bond acceptors (Lipinski definition) is 3. The molecule has 0 aliphatic heterocycles. The van der Waals surface area contributed by atoms with E-state index in [1.165, 1.54) is 12.1 Å². The molecule has 0 spiro atoms. The number of nitrogens with one attached hydrogen (secondary N) is 1. The van der Waals surface area contributed by atoms with Gasteiger partial charge in [0.25, 0.3) is 0 Å². The van der Waals surface area contributed by atoms with Crippen LogP contribution in [-0.2, 0) is 6.54 Å². The van der Waals surface area contributed by atoms with Crippen molar-refractivity contribution in [1.29, 1.82) is 0 Å². The van der Waals surface area contributed by atoms with Gasteiger partial charge in [0.1, 0.15) is 5.82 Å². The van der Waals surface area contributed by atoms with Crippen LogP contribution in [0.3, 0.4) is 0 Å². The maximum Gasteiger partial charge on any atom is 0.237 e. The van der Waals surface area contributed by atoms with Gasteiger partial charge in [-0.1, -0.05) is 12.1 Å². The van der Waals surface area contributed by atoms with Crippen LogP contribution in [0.25, 0.3) is 0 Å². The topological polar surface area (TPSA) is 34.1 Å². The Hall–Kier alpha value is -2.10. The fourth-order valence-corrected chi connectivity index (χ4v) is 1.58. The fraction of sp³-hybridized carbons (Fsp3) is 0.214. The summed E-state index contributed by atoms with van der Waals surface area (Å²) < 4.78 is 18.2. The van der Waals surface area contributed by atoms with Gasteiger partial charge in [0.15, 0.2) is 0 Å². The van der Waals surface area contributed by atoms with Crippen molar-refractivity contribution < 1.29 is 9.13 Å². The normalized spacial score (nSPS) is 10.1. The summed E-state index contributed by atoms with van der Waals surface area (Å²) in [4.78, 5) is 4.15. The van der Waals surface area contributed by atoms with Crippen molar-refractivity contribution in [1.82, 2.24) is 4.98 Å². The van der Waals surface area contributed by atoms with E-state index < -0.39 is 0 Å². The van der Waals surface area contributed by atoms with Crippen LogP contribution >= 0.6 is 0 Å². The van der Waals surface area contributed by atoms with E-state index in [1.54, 1.807) is 18.3 Å². The summed E-state index contributed by atoms with van der Waals surface area (Å²) in [5.41, 5.74) is 1.84. The Kier molecular flexibility index (Phi) is 4.12. The molecule has 94 valence electrons. The third-order valence-electron chi connectivity index (χ3n) is 2.45. The molecule has 1 heterocycles. The molecule has 0 fully saturated rings. The predicted octanol–water partition coefficient (Wildman–Crippen LogP) is 3.23. The molecule has 0 unspecified atom stereocenters. The van der Waals surface area contributed by atoms with Crippen molar-refractivity contribution in [3.8, 4) is 5.88 Å². The van der Waals surface area contributed by atoms with Gasteiger partial charge in [0, 0.05) is 12.7 Å². The monoisotopic (exact) mass is 246 g/mol. The lowest BCUT2D eigenvalue weighted by Crippen LogP contribution is -2.03. The third-order valence-corrected chi connectivity index (χ3v) is 2.45. The molecular formula is C14H15FN2O. The smallest absolute Gasteiger partial charge is 0.237 e. The number of halogens is 1. The molecule has 0 saturated carbocycles. The standard InChI is InChI=1S/C14H15FN2O/c1-2-18-14-13(4-3-9-16-14)17-10-11-5-7-12(15)8-6-11/h3-9,17H,2,10H2,1H3. The summed E-state index contributed by atoms with van der Waals surface area (Å²) in [5, 5.41) is 3.22. The second-order valence-corrected chi connectivity index (χ2v) is 3.77. The van der Waals surface area contributed by atoms with Gasteiger partial charge in [-0.2, -0.15) is 0 Å². The first-order valence-electron chi connectivity index (χ1n) is 5.85. The van der Waals surface area contributed by atoms with E-state index in [9.17, 15) is 4.39 Å². The molecule has 0 aliphatic rings. The first-order chi connectivity index (χ1) is 8.79. The van der Waals surface area contributed by atoms with Crippen LogP contribution in [0, 0.1) is 5.82 Å². The quantitative estimate of drug-likeness (QED) is 0.879. The van der Waals surface area contributed by atoms with Crippen LogP contribution in [0.15, 0.2) is 42.6 Å². The molecule has 0 bridgehead atoms. The molecule has 1 N–H and O–H groups in total. The average Bonchev–Trinajstić information content (AvgIpc) is 2.40.